The van der Waals surface area contributed by atoms with Crippen LogP contribution in [0.5, 0.6) is 0 Å². The van der Waals surface area contributed by atoms with Crippen LogP contribution in [0.3, 0.4) is 0 Å². The molecule has 0 spiro atoms. The van der Waals surface area contributed by atoms with E-state index in [9.17, 15) is 19.0 Å². The zero-order valence-corrected chi connectivity index (χ0v) is 51.7. The number of unbranched alkanes of at least 4 members (excludes halogenated alkanes) is 25. The van der Waals surface area contributed by atoms with Gasteiger partial charge in [-0.1, -0.05) is 258 Å². The fraction of sp³-hybridized carbons (Fsp3) is 0.706. The van der Waals surface area contributed by atoms with Crippen LogP contribution in [-0.2, 0) is 32.7 Å². The Kier molecular flexibility index (Phi) is 55.8. The molecule has 0 aliphatic heterocycles. The molecule has 0 bridgehead atoms. The minimum Gasteiger partial charge on any atom is -0.756 e. The molecule has 0 aromatic carbocycles. The maximum absolute atomic E-state index is 12.8. The van der Waals surface area contributed by atoms with Crippen molar-refractivity contribution in [3.63, 3.8) is 0 Å². The third-order valence-electron chi connectivity index (χ3n) is 13.3. The largest absolute Gasteiger partial charge is 0.756 e. The Hall–Kier alpha value is -3.33. The quantitative estimate of drug-likeness (QED) is 0.0195. The first-order valence-corrected chi connectivity index (χ1v) is 33.1. The molecule has 0 saturated carbocycles. The number of quaternary nitrogens is 1. The summed E-state index contributed by atoms with van der Waals surface area (Å²) < 4.78 is 34.2. The molecule has 0 saturated heterocycles. The van der Waals surface area contributed by atoms with Crippen molar-refractivity contribution in [3.05, 3.63) is 109 Å². The highest BCUT2D eigenvalue weighted by Crippen LogP contribution is 2.38. The number of esters is 2. The van der Waals surface area contributed by atoms with Crippen LogP contribution in [0.1, 0.15) is 258 Å². The van der Waals surface area contributed by atoms with E-state index in [1.54, 1.807) is 0 Å². The minimum atomic E-state index is -4.65. The third kappa shape index (κ3) is 61.9. The van der Waals surface area contributed by atoms with E-state index in [0.717, 1.165) is 109 Å². The van der Waals surface area contributed by atoms with E-state index in [1.807, 2.05) is 21.1 Å². The van der Waals surface area contributed by atoms with Gasteiger partial charge in [-0.3, -0.25) is 14.2 Å². The Bertz CT molecular complexity index is 1680. The van der Waals surface area contributed by atoms with Gasteiger partial charge in [-0.2, -0.15) is 0 Å². The second kappa shape index (κ2) is 58.3. The summed E-state index contributed by atoms with van der Waals surface area (Å²) >= 11 is 0. The molecule has 0 aliphatic carbocycles. The Labute approximate surface area is 480 Å². The number of carbonyl (C=O) groups excluding carboxylic acids is 2. The lowest BCUT2D eigenvalue weighted by molar-refractivity contribution is -0.870. The van der Waals surface area contributed by atoms with Gasteiger partial charge in [-0.25, -0.2) is 0 Å². The molecular formula is C68H118NO8P. The van der Waals surface area contributed by atoms with E-state index < -0.39 is 26.5 Å². The molecule has 10 heteroatoms. The van der Waals surface area contributed by atoms with Gasteiger partial charge in [0.1, 0.15) is 19.8 Å². The molecule has 2 atom stereocenters. The average molecular weight is 1110 g/mol. The molecule has 0 aliphatic rings. The van der Waals surface area contributed by atoms with E-state index in [-0.39, 0.29) is 32.0 Å². The van der Waals surface area contributed by atoms with E-state index in [0.29, 0.717) is 17.4 Å². The number of hydrogen-bond donors (Lipinski definition) is 0. The summed E-state index contributed by atoms with van der Waals surface area (Å²) in [6.45, 7) is 4.02. The fourth-order valence-corrected chi connectivity index (χ4v) is 9.23. The number of nitrogens with zero attached hydrogens (tertiary/aromatic N) is 1. The van der Waals surface area contributed by atoms with Crippen LogP contribution in [0.2, 0.25) is 0 Å². The normalized spacial score (nSPS) is 14.0. The molecule has 78 heavy (non-hydrogen) atoms. The Morgan fingerprint density at radius 1 is 0.397 bits per heavy atom. The van der Waals surface area contributed by atoms with Gasteiger partial charge in [0, 0.05) is 12.8 Å². The minimum absolute atomic E-state index is 0.0356. The van der Waals surface area contributed by atoms with Crippen LogP contribution < -0.4 is 4.89 Å². The summed E-state index contributed by atoms with van der Waals surface area (Å²) in [5.74, 6) is -0.838. The van der Waals surface area contributed by atoms with Crippen molar-refractivity contribution in [1.29, 1.82) is 0 Å². The molecule has 0 amide bonds. The van der Waals surface area contributed by atoms with Crippen molar-refractivity contribution >= 4 is 19.8 Å². The zero-order chi connectivity index (χ0) is 57.0. The number of phosphoric ester groups is 1. The monoisotopic (exact) mass is 1110 g/mol. The molecule has 9 nitrogen and oxygen atoms in total. The summed E-state index contributed by atoms with van der Waals surface area (Å²) in [5, 5.41) is 0. The Morgan fingerprint density at radius 3 is 1.03 bits per heavy atom. The number of carbonyl (C=O) groups is 2. The maximum Gasteiger partial charge on any atom is 0.306 e. The Morgan fingerprint density at radius 2 is 0.692 bits per heavy atom. The van der Waals surface area contributed by atoms with E-state index in [1.165, 1.54) is 116 Å². The van der Waals surface area contributed by atoms with E-state index >= 15 is 0 Å². The van der Waals surface area contributed by atoms with Crippen LogP contribution in [0.4, 0.5) is 0 Å². The summed E-state index contributed by atoms with van der Waals surface area (Å²) in [5.41, 5.74) is 0. The Balaban J connectivity index is 4.11. The van der Waals surface area contributed by atoms with Crippen LogP contribution in [-0.4, -0.2) is 70.0 Å². The van der Waals surface area contributed by atoms with Crippen molar-refractivity contribution in [2.75, 3.05) is 47.5 Å². The second-order valence-corrected chi connectivity index (χ2v) is 23.4. The molecular weight excluding hydrogens is 990 g/mol. The first-order valence-electron chi connectivity index (χ1n) is 31.6. The first kappa shape index (κ1) is 74.7. The fourth-order valence-electron chi connectivity index (χ4n) is 8.50. The highest BCUT2D eigenvalue weighted by atomic mass is 31.2. The molecule has 0 heterocycles. The van der Waals surface area contributed by atoms with Crippen LogP contribution >= 0.6 is 7.82 Å². The number of rotatable bonds is 57. The predicted molar refractivity (Wildman–Crippen MR) is 332 cm³/mol. The lowest BCUT2D eigenvalue weighted by Crippen LogP contribution is -2.37. The number of phosphoric acid groups is 1. The number of likely N-dealkylation sites (N-methyl/N-ethyl adjacent to an activating group) is 1. The van der Waals surface area contributed by atoms with Gasteiger partial charge in [0.15, 0.2) is 6.10 Å². The van der Waals surface area contributed by atoms with Gasteiger partial charge >= 0.3 is 11.9 Å². The molecule has 0 N–H and O–H groups in total. The van der Waals surface area contributed by atoms with Crippen LogP contribution in [0.15, 0.2) is 109 Å². The van der Waals surface area contributed by atoms with Crippen LogP contribution in [0, 0.1) is 0 Å². The molecule has 2 unspecified atom stereocenters. The number of ether oxygens (including phenoxy) is 2. The van der Waals surface area contributed by atoms with Gasteiger partial charge in [-0.05, 0) is 96.3 Å². The summed E-state index contributed by atoms with van der Waals surface area (Å²) in [6, 6.07) is 0. The lowest BCUT2D eigenvalue weighted by atomic mass is 10.0. The van der Waals surface area contributed by atoms with Crippen molar-refractivity contribution in [3.8, 4) is 0 Å². The van der Waals surface area contributed by atoms with Gasteiger partial charge < -0.3 is 27.9 Å². The zero-order valence-electron chi connectivity index (χ0n) is 50.8. The second-order valence-electron chi connectivity index (χ2n) is 22.0. The number of allylic oxidation sites excluding steroid dienone is 18. The standard InChI is InChI=1S/C68H118NO8P/c1-6-8-10-12-14-16-18-20-22-24-26-28-30-31-32-33-34-35-36-37-39-41-43-45-47-49-51-53-55-57-59-61-68(71)77-66(65-76-78(72,73)75-63-62-69(3,4)5)64-74-67(70)60-58-56-54-52-50-48-46-44-42-40-38-29-27-25-23-21-19-17-15-13-11-9-7-2/h8-11,14-17,20-23,26-29,31-32,66H,6-7,12-13,18-19,24-25,30,33-65H2,1-5H3/b10-8-,11-9-,16-14-,17-15-,22-20-,23-21-,28-26-,29-27-,32-31-. The van der Waals surface area contributed by atoms with Gasteiger partial charge in [0.05, 0.1) is 27.7 Å². The smallest absolute Gasteiger partial charge is 0.306 e. The SMILES string of the molecule is CC/C=C\C/C=C\C/C=C\C/C=C\C/C=C\CCCCCCCCCCCCCCCCCC(=O)OC(COC(=O)CCCCCCCCCCCC/C=C\C/C=C\C/C=C\C/C=C\CC)COP(=O)([O-])OCC[N+](C)(C)C. The third-order valence-corrected chi connectivity index (χ3v) is 14.3. The highest BCUT2D eigenvalue weighted by Gasteiger charge is 2.22. The molecule has 0 radical (unpaired) electrons. The molecule has 0 aromatic heterocycles. The average Bonchev–Trinajstić information content (AvgIpc) is 3.40. The van der Waals surface area contributed by atoms with Gasteiger partial charge in [0.2, 0.25) is 0 Å². The van der Waals surface area contributed by atoms with E-state index in [4.69, 9.17) is 18.5 Å². The van der Waals surface area contributed by atoms with Gasteiger partial charge in [-0.15, -0.1) is 0 Å². The van der Waals surface area contributed by atoms with Crippen molar-refractivity contribution < 1.29 is 42.1 Å². The van der Waals surface area contributed by atoms with Crippen molar-refractivity contribution in [1.82, 2.24) is 0 Å². The molecule has 0 fully saturated rings. The lowest BCUT2D eigenvalue weighted by Gasteiger charge is -2.28. The first-order chi connectivity index (χ1) is 38.0. The number of hydrogen-bond acceptors (Lipinski definition) is 8. The van der Waals surface area contributed by atoms with Gasteiger partial charge in [0.25, 0.3) is 7.82 Å². The summed E-state index contributed by atoms with van der Waals surface area (Å²) in [7, 11) is 1.16. The topological polar surface area (TPSA) is 111 Å². The maximum atomic E-state index is 12.8. The molecule has 0 rings (SSSR count). The van der Waals surface area contributed by atoms with Crippen LogP contribution in [0.25, 0.3) is 0 Å². The predicted octanol–water partition coefficient (Wildman–Crippen LogP) is 19.5. The highest BCUT2D eigenvalue weighted by molar-refractivity contribution is 7.45. The van der Waals surface area contributed by atoms with Crippen molar-refractivity contribution in [2.45, 2.75) is 264 Å². The summed E-state index contributed by atoms with van der Waals surface area (Å²) in [4.78, 5) is 38.0. The molecule has 448 valence electrons. The van der Waals surface area contributed by atoms with Crippen molar-refractivity contribution in [2.24, 2.45) is 0 Å². The van der Waals surface area contributed by atoms with E-state index in [2.05, 4.69) is 123 Å². The molecule has 0 aromatic rings. The summed E-state index contributed by atoms with van der Waals surface area (Å²) in [6.07, 6.45) is 81.4.